The normalized spacial score (nSPS) is 23.4. The van der Waals surface area contributed by atoms with Gasteiger partial charge in [0, 0.05) is 19.1 Å². The van der Waals surface area contributed by atoms with E-state index in [4.69, 9.17) is 9.84 Å². The number of likely N-dealkylation sites (N-methyl/N-ethyl adjacent to an activating group) is 1. The Balaban J connectivity index is 2.71. The summed E-state index contributed by atoms with van der Waals surface area (Å²) >= 11 is 0. The molecule has 1 saturated carbocycles. The summed E-state index contributed by atoms with van der Waals surface area (Å²) in [5.74, 6) is 0. The summed E-state index contributed by atoms with van der Waals surface area (Å²) in [6.07, 6.45) is 4.12. The zero-order valence-electron chi connectivity index (χ0n) is 13.3. The van der Waals surface area contributed by atoms with Crippen molar-refractivity contribution >= 4 is 6.09 Å². The highest BCUT2D eigenvalue weighted by Gasteiger charge is 2.33. The molecule has 0 unspecified atom stereocenters. The molecule has 2 N–H and O–H groups in total. The summed E-state index contributed by atoms with van der Waals surface area (Å²) in [7, 11) is 0. The van der Waals surface area contributed by atoms with Crippen LogP contribution in [0.5, 0.6) is 0 Å². The molecular formula is C15H30N2O3. The summed E-state index contributed by atoms with van der Waals surface area (Å²) in [5.41, 5.74) is -0.465. The number of nitrogens with one attached hydrogen (secondary N) is 1. The second-order valence-corrected chi connectivity index (χ2v) is 6.40. The molecule has 5 heteroatoms. The smallest absolute Gasteiger partial charge is 0.410 e. The van der Waals surface area contributed by atoms with Gasteiger partial charge in [0.05, 0.1) is 12.6 Å². The van der Waals surface area contributed by atoms with Gasteiger partial charge >= 0.3 is 6.09 Å². The lowest BCUT2D eigenvalue weighted by molar-refractivity contribution is 0.00892. The van der Waals surface area contributed by atoms with E-state index in [0.29, 0.717) is 13.1 Å². The monoisotopic (exact) mass is 286 g/mol. The van der Waals surface area contributed by atoms with Crippen molar-refractivity contribution in [2.24, 2.45) is 0 Å². The van der Waals surface area contributed by atoms with Crippen LogP contribution in [0.15, 0.2) is 0 Å². The van der Waals surface area contributed by atoms with Crippen LogP contribution in [0.25, 0.3) is 0 Å². The Kier molecular flexibility index (Phi) is 6.76. The molecule has 0 heterocycles. The maximum Gasteiger partial charge on any atom is 0.410 e. The van der Waals surface area contributed by atoms with E-state index in [1.807, 2.05) is 32.6 Å². The van der Waals surface area contributed by atoms with E-state index < -0.39 is 5.60 Å². The molecule has 0 aromatic heterocycles. The van der Waals surface area contributed by atoms with Crippen LogP contribution in [0.2, 0.25) is 0 Å². The summed E-state index contributed by atoms with van der Waals surface area (Å²) in [6, 6.07) is 0.415. The number of carbonyl (C=O) groups excluding carboxylic acids is 1. The van der Waals surface area contributed by atoms with Crippen molar-refractivity contribution in [1.82, 2.24) is 10.2 Å². The second-order valence-electron chi connectivity index (χ2n) is 6.40. The minimum atomic E-state index is -0.465. The summed E-state index contributed by atoms with van der Waals surface area (Å²) in [6.45, 7) is 9.01. The van der Waals surface area contributed by atoms with Gasteiger partial charge in [-0.15, -0.1) is 0 Å². The number of ether oxygens (including phenoxy) is 1. The Labute approximate surface area is 122 Å². The van der Waals surface area contributed by atoms with E-state index in [0.717, 1.165) is 19.3 Å². The number of rotatable bonds is 5. The van der Waals surface area contributed by atoms with Gasteiger partial charge in [-0.3, -0.25) is 0 Å². The number of amides is 1. The number of hydrogen-bond donors (Lipinski definition) is 2. The molecule has 118 valence electrons. The molecule has 0 bridgehead atoms. The van der Waals surface area contributed by atoms with Gasteiger partial charge in [-0.1, -0.05) is 12.8 Å². The lowest BCUT2D eigenvalue weighted by atomic mass is 9.89. The predicted octanol–water partition coefficient (Wildman–Crippen LogP) is 2.14. The Morgan fingerprint density at radius 1 is 1.35 bits per heavy atom. The van der Waals surface area contributed by atoms with E-state index in [-0.39, 0.29) is 24.8 Å². The van der Waals surface area contributed by atoms with E-state index in [1.54, 1.807) is 0 Å². The molecule has 1 amide bonds. The van der Waals surface area contributed by atoms with Crippen molar-refractivity contribution in [2.75, 3.05) is 19.7 Å². The number of aliphatic hydroxyl groups is 1. The highest BCUT2D eigenvalue weighted by molar-refractivity contribution is 5.68. The largest absolute Gasteiger partial charge is 0.444 e. The summed E-state index contributed by atoms with van der Waals surface area (Å²) < 4.78 is 5.51. The highest BCUT2D eigenvalue weighted by atomic mass is 16.6. The minimum Gasteiger partial charge on any atom is -0.444 e. The van der Waals surface area contributed by atoms with Crippen molar-refractivity contribution in [3.8, 4) is 0 Å². The topological polar surface area (TPSA) is 61.8 Å². The molecule has 1 aliphatic rings. The van der Waals surface area contributed by atoms with Gasteiger partial charge in [0.2, 0.25) is 0 Å². The first kappa shape index (κ1) is 17.2. The van der Waals surface area contributed by atoms with E-state index in [2.05, 4.69) is 5.32 Å². The van der Waals surface area contributed by atoms with Crippen molar-refractivity contribution in [1.29, 1.82) is 0 Å². The number of aliphatic hydroxyl groups excluding tert-OH is 1. The predicted molar refractivity (Wildman–Crippen MR) is 79.7 cm³/mol. The fourth-order valence-corrected chi connectivity index (χ4v) is 2.79. The lowest BCUT2D eigenvalue weighted by Gasteiger charge is -2.40. The standard InChI is InChI=1S/C15H30N2O3/c1-5-17(14(19)20-15(2,3)4)13-9-7-6-8-12(13)16-10-11-18/h12-13,16,18H,5-11H2,1-4H3/t12-,13-/m1/s1. The fourth-order valence-electron chi connectivity index (χ4n) is 2.79. The van der Waals surface area contributed by atoms with Crippen molar-refractivity contribution < 1.29 is 14.6 Å². The second kappa shape index (κ2) is 7.84. The molecule has 0 radical (unpaired) electrons. The molecule has 1 aliphatic carbocycles. The van der Waals surface area contributed by atoms with Crippen molar-refractivity contribution in [3.05, 3.63) is 0 Å². The van der Waals surface area contributed by atoms with Crippen LogP contribution in [0, 0.1) is 0 Å². The lowest BCUT2D eigenvalue weighted by Crippen LogP contribution is -2.55. The van der Waals surface area contributed by atoms with Gasteiger partial charge in [0.15, 0.2) is 0 Å². The van der Waals surface area contributed by atoms with Gasteiger partial charge in [-0.05, 0) is 40.5 Å². The molecule has 1 rings (SSSR count). The molecule has 0 aliphatic heterocycles. The Morgan fingerprint density at radius 2 is 2.00 bits per heavy atom. The molecular weight excluding hydrogens is 256 g/mol. The first-order chi connectivity index (χ1) is 9.39. The van der Waals surface area contributed by atoms with Gasteiger partial charge in [0.1, 0.15) is 5.60 Å². The average molecular weight is 286 g/mol. The SMILES string of the molecule is CCN(C(=O)OC(C)(C)C)[C@@H]1CCCC[C@H]1NCCO. The minimum absolute atomic E-state index is 0.127. The average Bonchev–Trinajstić information content (AvgIpc) is 2.36. The number of nitrogens with zero attached hydrogens (tertiary/aromatic N) is 1. The van der Waals surface area contributed by atoms with Gasteiger partial charge in [-0.2, -0.15) is 0 Å². The quantitative estimate of drug-likeness (QED) is 0.813. The zero-order chi connectivity index (χ0) is 15.2. The maximum atomic E-state index is 12.3. The molecule has 20 heavy (non-hydrogen) atoms. The van der Waals surface area contributed by atoms with Gasteiger partial charge in [-0.25, -0.2) is 4.79 Å². The van der Waals surface area contributed by atoms with Crippen LogP contribution in [0.4, 0.5) is 4.79 Å². The van der Waals surface area contributed by atoms with Crippen molar-refractivity contribution in [3.63, 3.8) is 0 Å². The fraction of sp³-hybridized carbons (Fsp3) is 0.933. The Bertz CT molecular complexity index is 302. The molecule has 0 spiro atoms. The zero-order valence-corrected chi connectivity index (χ0v) is 13.3. The van der Waals surface area contributed by atoms with Crippen molar-refractivity contribution in [2.45, 2.75) is 71.1 Å². The summed E-state index contributed by atoms with van der Waals surface area (Å²) in [5, 5.41) is 12.3. The highest BCUT2D eigenvalue weighted by Crippen LogP contribution is 2.24. The van der Waals surface area contributed by atoms with E-state index >= 15 is 0 Å². The maximum absolute atomic E-state index is 12.3. The van der Waals surface area contributed by atoms with Crippen LogP contribution >= 0.6 is 0 Å². The number of carbonyl (C=O) groups is 1. The Hall–Kier alpha value is -0.810. The van der Waals surface area contributed by atoms with Crippen LogP contribution in [0.1, 0.15) is 53.4 Å². The first-order valence-electron chi connectivity index (χ1n) is 7.73. The third-order valence-electron chi connectivity index (χ3n) is 3.62. The molecule has 1 fully saturated rings. The van der Waals surface area contributed by atoms with Crippen LogP contribution < -0.4 is 5.32 Å². The van der Waals surface area contributed by atoms with Crippen LogP contribution in [0.3, 0.4) is 0 Å². The first-order valence-corrected chi connectivity index (χ1v) is 7.73. The molecule has 0 aromatic rings. The van der Waals surface area contributed by atoms with Crippen LogP contribution in [-0.4, -0.2) is 53.5 Å². The molecule has 5 nitrogen and oxygen atoms in total. The van der Waals surface area contributed by atoms with Crippen LogP contribution in [-0.2, 0) is 4.74 Å². The third-order valence-corrected chi connectivity index (χ3v) is 3.62. The summed E-state index contributed by atoms with van der Waals surface area (Å²) in [4.78, 5) is 14.2. The Morgan fingerprint density at radius 3 is 2.55 bits per heavy atom. The molecule has 0 aromatic carbocycles. The van der Waals surface area contributed by atoms with Gasteiger partial charge in [0.25, 0.3) is 0 Å². The molecule has 2 atom stereocenters. The third kappa shape index (κ3) is 5.29. The van der Waals surface area contributed by atoms with E-state index in [9.17, 15) is 4.79 Å². The molecule has 0 saturated heterocycles. The van der Waals surface area contributed by atoms with Gasteiger partial charge < -0.3 is 20.1 Å². The van der Waals surface area contributed by atoms with E-state index in [1.165, 1.54) is 6.42 Å². The number of hydrogen-bond acceptors (Lipinski definition) is 4.